The quantitative estimate of drug-likeness (QED) is 0.799. The van der Waals surface area contributed by atoms with E-state index >= 15 is 0 Å². The van der Waals surface area contributed by atoms with Gasteiger partial charge in [-0.3, -0.25) is 0 Å². The van der Waals surface area contributed by atoms with E-state index in [9.17, 15) is 5.11 Å². The van der Waals surface area contributed by atoms with E-state index in [0.717, 1.165) is 17.6 Å². The average molecular weight is 270 g/mol. The molecule has 0 aliphatic carbocycles. The Morgan fingerprint density at radius 1 is 0.850 bits per heavy atom. The third-order valence-corrected chi connectivity index (χ3v) is 4.10. The first-order valence-corrected chi connectivity index (χ1v) is 7.17. The highest BCUT2D eigenvalue weighted by Crippen LogP contribution is 2.21. The summed E-state index contributed by atoms with van der Waals surface area (Å²) in [5.41, 5.74) is 2.62. The molecule has 0 unspecified atom stereocenters. The molecule has 2 nitrogen and oxygen atoms in total. The van der Waals surface area contributed by atoms with Crippen LogP contribution in [0.3, 0.4) is 0 Å². The lowest BCUT2D eigenvalue weighted by molar-refractivity contribution is -0.957. The summed E-state index contributed by atoms with van der Waals surface area (Å²) in [4.78, 5) is 0. The van der Waals surface area contributed by atoms with Crippen molar-refractivity contribution in [3.05, 3.63) is 71.8 Å². The fourth-order valence-corrected chi connectivity index (χ4v) is 2.57. The molecule has 2 rings (SSSR count). The van der Waals surface area contributed by atoms with Gasteiger partial charge in [0.15, 0.2) is 0 Å². The predicted molar refractivity (Wildman–Crippen MR) is 83.0 cm³/mol. The maximum atomic E-state index is 9.61. The highest BCUT2D eigenvalue weighted by atomic mass is 16.3. The number of benzene rings is 2. The third-order valence-electron chi connectivity index (χ3n) is 4.10. The van der Waals surface area contributed by atoms with Gasteiger partial charge in [-0.25, -0.2) is 0 Å². The lowest BCUT2D eigenvalue weighted by atomic mass is 10.1. The van der Waals surface area contributed by atoms with Crippen LogP contribution in [0.2, 0.25) is 0 Å². The first kappa shape index (κ1) is 14.8. The fraction of sp³-hybridized carbons (Fsp3) is 0.333. The minimum Gasteiger partial charge on any atom is -0.390 e. The van der Waals surface area contributed by atoms with E-state index in [2.05, 4.69) is 62.5 Å². The lowest BCUT2D eigenvalue weighted by Crippen LogP contribution is -2.51. The number of quaternary nitrogens is 1. The number of hydrogen-bond acceptors (Lipinski definition) is 1. The van der Waals surface area contributed by atoms with Crippen molar-refractivity contribution in [2.45, 2.75) is 26.1 Å². The third kappa shape index (κ3) is 3.69. The van der Waals surface area contributed by atoms with E-state index in [1.165, 1.54) is 11.1 Å². The summed E-state index contributed by atoms with van der Waals surface area (Å²) in [5.74, 6) is 0. The Hall–Kier alpha value is -1.64. The fourth-order valence-electron chi connectivity index (χ4n) is 2.57. The Labute approximate surface area is 121 Å². The molecule has 0 aromatic heterocycles. The number of hydrogen-bond donors (Lipinski definition) is 1. The molecular weight excluding hydrogens is 246 g/mol. The smallest absolute Gasteiger partial charge is 0.110 e. The molecule has 1 atom stereocenters. The first-order chi connectivity index (χ1) is 9.64. The first-order valence-electron chi connectivity index (χ1n) is 7.17. The maximum Gasteiger partial charge on any atom is 0.110 e. The molecule has 0 bridgehead atoms. The number of aliphatic hydroxyl groups excluding tert-OH is 1. The van der Waals surface area contributed by atoms with Crippen LogP contribution in [0.4, 0.5) is 0 Å². The normalized spacial score (nSPS) is 13.2. The molecule has 0 fully saturated rings. The van der Waals surface area contributed by atoms with Crippen molar-refractivity contribution < 1.29 is 9.59 Å². The number of rotatable bonds is 6. The molecule has 20 heavy (non-hydrogen) atoms. The summed E-state index contributed by atoms with van der Waals surface area (Å²) >= 11 is 0. The van der Waals surface area contributed by atoms with E-state index in [0.29, 0.717) is 0 Å². The average Bonchev–Trinajstić information content (AvgIpc) is 2.48. The molecule has 106 valence electrons. The van der Waals surface area contributed by atoms with Crippen molar-refractivity contribution in [1.29, 1.82) is 0 Å². The van der Waals surface area contributed by atoms with Crippen LogP contribution in [0, 0.1) is 0 Å². The van der Waals surface area contributed by atoms with E-state index in [1.54, 1.807) is 0 Å². The number of aliphatic hydroxyl groups is 1. The van der Waals surface area contributed by atoms with Crippen LogP contribution in [-0.2, 0) is 13.1 Å². The van der Waals surface area contributed by atoms with Crippen molar-refractivity contribution in [2.75, 3.05) is 13.7 Å². The van der Waals surface area contributed by atoms with Crippen molar-refractivity contribution in [2.24, 2.45) is 0 Å². The highest BCUT2D eigenvalue weighted by Gasteiger charge is 2.29. The minimum atomic E-state index is 0.204. The molecular formula is C18H24NO+. The molecule has 2 heteroatoms. The molecule has 2 aromatic carbocycles. The van der Waals surface area contributed by atoms with Gasteiger partial charge in [-0.15, -0.1) is 0 Å². The number of nitrogens with zero attached hydrogens (tertiary/aromatic N) is 1. The zero-order valence-corrected chi connectivity index (χ0v) is 12.4. The molecule has 0 heterocycles. The minimum absolute atomic E-state index is 0.204. The van der Waals surface area contributed by atoms with Gasteiger partial charge in [0.05, 0.1) is 13.7 Å². The van der Waals surface area contributed by atoms with Crippen LogP contribution >= 0.6 is 0 Å². The molecule has 0 saturated heterocycles. The van der Waals surface area contributed by atoms with Gasteiger partial charge in [0.1, 0.15) is 19.1 Å². The van der Waals surface area contributed by atoms with Crippen LogP contribution in [0.15, 0.2) is 60.7 Å². The summed E-state index contributed by atoms with van der Waals surface area (Å²) in [5, 5.41) is 9.61. The molecule has 0 aliphatic rings. The van der Waals surface area contributed by atoms with E-state index < -0.39 is 0 Å². The summed E-state index contributed by atoms with van der Waals surface area (Å²) in [6, 6.07) is 21.2. The van der Waals surface area contributed by atoms with Gasteiger partial charge < -0.3 is 9.59 Å². The van der Waals surface area contributed by atoms with Crippen LogP contribution in [0.25, 0.3) is 0 Å². The van der Waals surface area contributed by atoms with Crippen LogP contribution in [-0.4, -0.2) is 29.3 Å². The molecule has 2 aromatic rings. The summed E-state index contributed by atoms with van der Waals surface area (Å²) in [6.07, 6.45) is 0. The molecule has 0 radical (unpaired) electrons. The van der Waals surface area contributed by atoms with Crippen LogP contribution in [0.5, 0.6) is 0 Å². The number of likely N-dealkylation sites (N-methyl/N-ethyl adjacent to an activating group) is 1. The Kier molecular flexibility index (Phi) is 4.94. The highest BCUT2D eigenvalue weighted by molar-refractivity contribution is 5.15. The lowest BCUT2D eigenvalue weighted by Gasteiger charge is -2.39. The Bertz CT molecular complexity index is 468. The Morgan fingerprint density at radius 3 is 1.60 bits per heavy atom. The molecule has 0 spiro atoms. The van der Waals surface area contributed by atoms with Crippen molar-refractivity contribution in [3.8, 4) is 0 Å². The van der Waals surface area contributed by atoms with Gasteiger partial charge in [0.2, 0.25) is 0 Å². The summed E-state index contributed by atoms with van der Waals surface area (Å²) in [7, 11) is 2.22. The van der Waals surface area contributed by atoms with Crippen LogP contribution in [0.1, 0.15) is 18.1 Å². The second-order valence-corrected chi connectivity index (χ2v) is 5.80. The monoisotopic (exact) mass is 270 g/mol. The van der Waals surface area contributed by atoms with Crippen molar-refractivity contribution in [1.82, 2.24) is 0 Å². The Balaban J connectivity index is 2.21. The van der Waals surface area contributed by atoms with Gasteiger partial charge in [0, 0.05) is 11.1 Å². The zero-order chi connectivity index (χ0) is 14.4. The molecule has 1 N–H and O–H groups in total. The predicted octanol–water partition coefficient (Wildman–Crippen LogP) is 3.21. The second kappa shape index (κ2) is 6.69. The molecule has 0 aliphatic heterocycles. The van der Waals surface area contributed by atoms with Crippen molar-refractivity contribution >= 4 is 0 Å². The summed E-state index contributed by atoms with van der Waals surface area (Å²) in [6.45, 7) is 4.18. The van der Waals surface area contributed by atoms with E-state index in [4.69, 9.17) is 0 Å². The van der Waals surface area contributed by atoms with E-state index in [-0.39, 0.29) is 12.6 Å². The molecule has 0 saturated carbocycles. The molecule has 0 amide bonds. The second-order valence-electron chi connectivity index (χ2n) is 5.80. The zero-order valence-electron chi connectivity index (χ0n) is 12.4. The van der Waals surface area contributed by atoms with Crippen molar-refractivity contribution in [3.63, 3.8) is 0 Å². The van der Waals surface area contributed by atoms with Gasteiger partial charge in [-0.2, -0.15) is 0 Å². The van der Waals surface area contributed by atoms with Gasteiger partial charge in [0.25, 0.3) is 0 Å². The SMILES string of the molecule is C[C@@H](CO)[N+](C)(Cc1ccccc1)Cc1ccccc1. The largest absolute Gasteiger partial charge is 0.390 e. The van der Waals surface area contributed by atoms with Gasteiger partial charge in [-0.1, -0.05) is 60.7 Å². The van der Waals surface area contributed by atoms with Crippen LogP contribution < -0.4 is 0 Å². The van der Waals surface area contributed by atoms with Gasteiger partial charge in [-0.05, 0) is 6.92 Å². The van der Waals surface area contributed by atoms with E-state index in [1.807, 2.05) is 12.1 Å². The topological polar surface area (TPSA) is 20.2 Å². The maximum absolute atomic E-state index is 9.61. The standard InChI is InChI=1S/C18H24NO/c1-16(15-20)19(2,13-17-9-5-3-6-10-17)14-18-11-7-4-8-12-18/h3-12,16,20H,13-15H2,1-2H3/q+1/t16-/m0/s1. The Morgan fingerprint density at radius 2 is 1.25 bits per heavy atom. The summed E-state index contributed by atoms with van der Waals surface area (Å²) < 4.78 is 0.810. The van der Waals surface area contributed by atoms with Gasteiger partial charge >= 0.3 is 0 Å².